The number of alkyl halides is 3. The van der Waals surface area contributed by atoms with E-state index < -0.39 is 23.8 Å². The number of hydrogen-bond donors (Lipinski definition) is 2. The molecule has 41 heavy (non-hydrogen) atoms. The molecule has 0 radical (unpaired) electrons. The molecule has 0 spiro atoms. The maximum absolute atomic E-state index is 14.0. The highest BCUT2D eigenvalue weighted by Crippen LogP contribution is 2.34. The quantitative estimate of drug-likeness (QED) is 0.476. The van der Waals surface area contributed by atoms with Gasteiger partial charge in [0.05, 0.1) is 17.9 Å². The van der Waals surface area contributed by atoms with Crippen molar-refractivity contribution in [2.45, 2.75) is 70.8 Å². The number of halogens is 5. The molecule has 224 valence electrons. The lowest BCUT2D eigenvalue weighted by Gasteiger charge is -2.35. The number of piperidine rings is 1. The first-order chi connectivity index (χ1) is 19.3. The molecule has 2 aromatic rings. The van der Waals surface area contributed by atoms with Gasteiger partial charge < -0.3 is 25.0 Å². The Morgan fingerprint density at radius 3 is 2.27 bits per heavy atom. The monoisotopic (exact) mass is 585 g/mol. The van der Waals surface area contributed by atoms with Crippen LogP contribution >= 0.6 is 0 Å². The minimum absolute atomic E-state index is 0.0796. The van der Waals surface area contributed by atoms with Crippen molar-refractivity contribution < 1.29 is 41.4 Å². The number of carboxylic acid groups (broad SMARTS) is 1. The summed E-state index contributed by atoms with van der Waals surface area (Å²) in [5.41, 5.74) is 1.83. The van der Waals surface area contributed by atoms with Crippen LogP contribution in [0.1, 0.15) is 50.9 Å². The first kappa shape index (κ1) is 30.3. The lowest BCUT2D eigenvalue weighted by Crippen LogP contribution is -2.41. The third-order valence-electron chi connectivity index (χ3n) is 6.83. The van der Waals surface area contributed by atoms with Gasteiger partial charge in [0.1, 0.15) is 11.9 Å². The molecule has 2 fully saturated rings. The van der Waals surface area contributed by atoms with Gasteiger partial charge in [0.2, 0.25) is 5.91 Å². The number of hydrogen-bond acceptors (Lipinski definition) is 7. The van der Waals surface area contributed by atoms with Gasteiger partial charge in [-0.05, 0) is 38.8 Å². The summed E-state index contributed by atoms with van der Waals surface area (Å²) in [5.74, 6) is -1.99. The summed E-state index contributed by atoms with van der Waals surface area (Å²) >= 11 is 0. The van der Waals surface area contributed by atoms with Gasteiger partial charge in [-0.15, -0.1) is 0 Å². The molecule has 5 rings (SSSR count). The highest BCUT2D eigenvalue weighted by atomic mass is 19.4. The summed E-state index contributed by atoms with van der Waals surface area (Å²) in [6.45, 7) is 6.70. The molecule has 0 atom stereocenters. The molecule has 3 aliphatic rings. The summed E-state index contributed by atoms with van der Waals surface area (Å²) in [5, 5.41) is 10.6. The molecule has 14 heteroatoms. The highest BCUT2D eigenvalue weighted by Gasteiger charge is 2.38. The Labute approximate surface area is 233 Å². The Hall–Kier alpha value is -3.71. The molecule has 1 amide bonds. The van der Waals surface area contributed by atoms with Crippen LogP contribution < -0.4 is 15.0 Å². The second-order valence-electron chi connectivity index (χ2n) is 10.6. The van der Waals surface area contributed by atoms with Crippen molar-refractivity contribution in [2.24, 2.45) is 5.92 Å². The number of carbonyl (C=O) groups is 2. The van der Waals surface area contributed by atoms with Crippen LogP contribution in [-0.4, -0.2) is 69.8 Å². The number of ether oxygens (including phenoxy) is 1. The predicted octanol–water partition coefficient (Wildman–Crippen LogP) is 4.55. The molecule has 3 heterocycles. The molecule has 0 bridgehead atoms. The number of benzene rings is 1. The number of rotatable bonds is 6. The van der Waals surface area contributed by atoms with Crippen LogP contribution in [-0.2, 0) is 22.6 Å². The maximum atomic E-state index is 14.0. The molecule has 0 unspecified atom stereocenters. The fraction of sp³-hybridized carbons (Fsp3) is 0.556. The van der Waals surface area contributed by atoms with E-state index in [1.54, 1.807) is 0 Å². The predicted molar refractivity (Wildman–Crippen MR) is 139 cm³/mol. The van der Waals surface area contributed by atoms with E-state index in [2.05, 4.69) is 24.1 Å². The van der Waals surface area contributed by atoms with Crippen molar-refractivity contribution in [3.8, 4) is 5.75 Å². The van der Waals surface area contributed by atoms with Gasteiger partial charge in [-0.25, -0.2) is 23.5 Å². The van der Waals surface area contributed by atoms with Crippen LogP contribution in [0.3, 0.4) is 0 Å². The number of aromatic nitrogens is 2. The van der Waals surface area contributed by atoms with E-state index in [1.165, 1.54) is 12.1 Å². The average molecular weight is 586 g/mol. The van der Waals surface area contributed by atoms with E-state index in [1.807, 2.05) is 4.90 Å². The number of aliphatic carboxylic acids is 1. The van der Waals surface area contributed by atoms with E-state index in [0.29, 0.717) is 45.4 Å². The fourth-order valence-corrected chi connectivity index (χ4v) is 4.63. The first-order valence-electron chi connectivity index (χ1n) is 13.4. The SMILES string of the molecule is CC(C)Nc1nc2c(nc1N1CCC(Oc3ccc(F)cc3F)CC1)CN(C(=O)C1CC1)CC2.O=C(O)C(F)(F)F. The first-order valence-corrected chi connectivity index (χ1v) is 13.4. The number of anilines is 2. The fourth-order valence-electron chi connectivity index (χ4n) is 4.63. The van der Waals surface area contributed by atoms with Crippen molar-refractivity contribution in [1.82, 2.24) is 14.9 Å². The lowest BCUT2D eigenvalue weighted by molar-refractivity contribution is -0.192. The van der Waals surface area contributed by atoms with E-state index in [9.17, 15) is 26.7 Å². The van der Waals surface area contributed by atoms with Crippen LogP contribution in [0.2, 0.25) is 0 Å². The summed E-state index contributed by atoms with van der Waals surface area (Å²) < 4.78 is 64.7. The Morgan fingerprint density at radius 1 is 1.05 bits per heavy atom. The lowest BCUT2D eigenvalue weighted by atomic mass is 10.1. The molecular weight excluding hydrogens is 553 g/mol. The van der Waals surface area contributed by atoms with E-state index in [-0.39, 0.29) is 29.7 Å². The standard InChI is InChI=1S/C25H31F2N5O2.C2HF3O2/c1-15(2)28-23-24(30-21-14-32(12-9-20(21)29-23)25(33)16-3-4-16)31-10-7-18(8-11-31)34-22-6-5-17(26)13-19(22)27;3-2(4,5)1(6)7/h5-6,13,15-16,18H,3-4,7-12,14H2,1-2H3,(H,28,29);(H,6,7). The molecule has 1 aliphatic carbocycles. The second-order valence-corrected chi connectivity index (χ2v) is 10.6. The van der Waals surface area contributed by atoms with Gasteiger partial charge in [0.25, 0.3) is 0 Å². The van der Waals surface area contributed by atoms with Crippen molar-refractivity contribution in [3.05, 3.63) is 41.2 Å². The molecule has 2 N–H and O–H groups in total. The second kappa shape index (κ2) is 12.4. The zero-order valence-corrected chi connectivity index (χ0v) is 22.7. The molecular formula is C27H32F5N5O4. The zero-order chi connectivity index (χ0) is 29.9. The van der Waals surface area contributed by atoms with E-state index in [4.69, 9.17) is 24.6 Å². The third kappa shape index (κ3) is 7.94. The van der Waals surface area contributed by atoms with Crippen molar-refractivity contribution in [1.29, 1.82) is 0 Å². The number of amides is 1. The Morgan fingerprint density at radius 2 is 1.71 bits per heavy atom. The van der Waals surface area contributed by atoms with Crippen LogP contribution in [0.5, 0.6) is 5.75 Å². The summed E-state index contributed by atoms with van der Waals surface area (Å²) in [6.07, 6.45) is -1.17. The number of nitrogens with one attached hydrogen (secondary N) is 1. The van der Waals surface area contributed by atoms with Crippen molar-refractivity contribution >= 4 is 23.5 Å². The summed E-state index contributed by atoms with van der Waals surface area (Å²) in [7, 11) is 0. The van der Waals surface area contributed by atoms with Gasteiger partial charge in [-0.1, -0.05) is 0 Å². The van der Waals surface area contributed by atoms with Crippen molar-refractivity contribution in [3.63, 3.8) is 0 Å². The normalized spacial score (nSPS) is 17.5. The summed E-state index contributed by atoms with van der Waals surface area (Å²) in [6, 6.07) is 3.58. The van der Waals surface area contributed by atoms with Crippen LogP contribution in [0.25, 0.3) is 0 Å². The Bertz CT molecular complexity index is 1260. The Balaban J connectivity index is 0.000000493. The minimum Gasteiger partial charge on any atom is -0.487 e. The third-order valence-corrected chi connectivity index (χ3v) is 6.83. The number of fused-ring (bicyclic) bond motifs is 1. The number of carbonyl (C=O) groups excluding carboxylic acids is 1. The average Bonchev–Trinajstić information content (AvgIpc) is 3.75. The van der Waals surface area contributed by atoms with Gasteiger partial charge in [0, 0.05) is 56.9 Å². The van der Waals surface area contributed by atoms with Crippen LogP contribution in [0, 0.1) is 17.6 Å². The minimum atomic E-state index is -5.08. The smallest absolute Gasteiger partial charge is 0.487 e. The molecule has 1 saturated heterocycles. The van der Waals surface area contributed by atoms with Crippen LogP contribution in [0.15, 0.2) is 18.2 Å². The van der Waals surface area contributed by atoms with E-state index >= 15 is 0 Å². The molecule has 1 saturated carbocycles. The van der Waals surface area contributed by atoms with Gasteiger partial charge in [-0.3, -0.25) is 4.79 Å². The van der Waals surface area contributed by atoms with Crippen molar-refractivity contribution in [2.75, 3.05) is 29.9 Å². The maximum Gasteiger partial charge on any atom is 0.490 e. The molecule has 9 nitrogen and oxygen atoms in total. The summed E-state index contributed by atoms with van der Waals surface area (Å²) in [4.78, 5) is 35.5. The number of carboxylic acids is 1. The number of nitrogens with zero attached hydrogens (tertiary/aromatic N) is 4. The molecule has 1 aromatic carbocycles. The largest absolute Gasteiger partial charge is 0.490 e. The zero-order valence-electron chi connectivity index (χ0n) is 22.7. The van der Waals surface area contributed by atoms with Gasteiger partial charge >= 0.3 is 12.1 Å². The topological polar surface area (TPSA) is 108 Å². The van der Waals surface area contributed by atoms with Gasteiger partial charge in [0.15, 0.2) is 23.2 Å². The van der Waals surface area contributed by atoms with Crippen LogP contribution in [0.4, 0.5) is 33.6 Å². The van der Waals surface area contributed by atoms with E-state index in [0.717, 1.165) is 41.9 Å². The molecule has 1 aromatic heterocycles. The highest BCUT2D eigenvalue weighted by molar-refractivity contribution is 5.81. The Kier molecular flexibility index (Phi) is 9.17. The molecule has 2 aliphatic heterocycles. The van der Waals surface area contributed by atoms with Gasteiger partial charge in [-0.2, -0.15) is 13.2 Å².